The quantitative estimate of drug-likeness (QED) is 0.227. The second kappa shape index (κ2) is 25.4. The Balaban J connectivity index is -0.000000578. The van der Waals surface area contributed by atoms with Gasteiger partial charge < -0.3 is 14.7 Å². The molecule has 0 rings (SSSR count). The Morgan fingerprint density at radius 3 is 1.09 bits per heavy atom. The van der Waals surface area contributed by atoms with Crippen LogP contribution in [0.25, 0.3) is 0 Å². The van der Waals surface area contributed by atoms with Crippen LogP contribution in [0, 0.1) is 0 Å². The maximum atomic E-state index is 8.88. The summed E-state index contributed by atoms with van der Waals surface area (Å²) in [6, 6.07) is 0. The molecule has 3 N–H and O–H groups in total. The number of hydrogen-bond acceptors (Lipinski definition) is 1. The zero-order valence-electron chi connectivity index (χ0n) is 14.8. The third kappa shape index (κ3) is 45.9. The predicted molar refractivity (Wildman–Crippen MR) is 102 cm³/mol. The second-order valence-corrected chi connectivity index (χ2v) is 8.70. The van der Waals surface area contributed by atoms with Gasteiger partial charge in [0.1, 0.15) is 0 Å². The van der Waals surface area contributed by atoms with E-state index in [0.29, 0.717) is 0 Å². The SMILES string of the molecule is CCCCCCCCCCCCCCC[CH2][K].O=P(O)(O)O.[KH]. The Kier molecular flexibility index (Phi) is 34.3. The second-order valence-electron chi connectivity index (χ2n) is 6.11. The number of hydrogen-bond donors (Lipinski definition) is 3. The third-order valence-electron chi connectivity index (χ3n) is 3.71. The molecule has 0 spiro atoms. The molecule has 0 atom stereocenters. The van der Waals surface area contributed by atoms with E-state index >= 15 is 0 Å². The summed E-state index contributed by atoms with van der Waals surface area (Å²) in [6.07, 6.45) is 20.8. The van der Waals surface area contributed by atoms with E-state index in [-0.39, 0.29) is 51.4 Å². The van der Waals surface area contributed by atoms with Crippen molar-refractivity contribution in [3.63, 3.8) is 0 Å². The summed E-state index contributed by atoms with van der Waals surface area (Å²) in [5, 5.41) is 0. The third-order valence-corrected chi connectivity index (χ3v) is 4.81. The average molecular weight is 403 g/mol. The van der Waals surface area contributed by atoms with Crippen molar-refractivity contribution < 1.29 is 19.2 Å². The van der Waals surface area contributed by atoms with Crippen molar-refractivity contribution in [3.05, 3.63) is 0 Å². The molecule has 0 fully saturated rings. The molecule has 0 heterocycles. The molecule has 0 aliphatic carbocycles. The van der Waals surface area contributed by atoms with E-state index < -0.39 is 7.82 Å². The summed E-state index contributed by atoms with van der Waals surface area (Å²) >= 11 is 1.10. The molecule has 23 heavy (non-hydrogen) atoms. The number of phosphoric acid groups is 1. The molecule has 0 aromatic heterocycles. The van der Waals surface area contributed by atoms with E-state index in [0.717, 1.165) is 49.0 Å². The normalized spacial score (nSPS) is 10.7. The van der Waals surface area contributed by atoms with E-state index in [4.69, 9.17) is 19.2 Å². The molecular formula is C16H37K2O4P. The van der Waals surface area contributed by atoms with Gasteiger partial charge in [0.2, 0.25) is 0 Å². The van der Waals surface area contributed by atoms with E-state index in [9.17, 15) is 0 Å². The van der Waals surface area contributed by atoms with Gasteiger partial charge >= 0.3 is 179 Å². The molecule has 0 aliphatic heterocycles. The van der Waals surface area contributed by atoms with Crippen LogP contribution in [-0.2, 0) is 4.57 Å². The zero-order valence-corrected chi connectivity index (χ0v) is 18.8. The molecule has 0 aromatic rings. The van der Waals surface area contributed by atoms with Gasteiger partial charge in [-0.25, -0.2) is 4.57 Å². The average Bonchev–Trinajstić information content (AvgIpc) is 2.42. The monoisotopic (exact) mass is 402 g/mol. The summed E-state index contributed by atoms with van der Waals surface area (Å²) in [5.74, 6) is 0. The summed E-state index contributed by atoms with van der Waals surface area (Å²) in [6.45, 7) is 2.29. The Morgan fingerprint density at radius 2 is 0.870 bits per heavy atom. The molecule has 132 valence electrons. The van der Waals surface area contributed by atoms with Crippen molar-refractivity contribution in [2.24, 2.45) is 0 Å². The first-order valence-electron chi connectivity index (χ1n) is 9.20. The summed E-state index contributed by atoms with van der Waals surface area (Å²) in [5.41, 5.74) is 0. The maximum absolute atomic E-state index is 8.88. The van der Waals surface area contributed by atoms with Crippen LogP contribution in [-0.4, -0.2) is 115 Å². The first-order chi connectivity index (χ1) is 10.4. The molecule has 4 nitrogen and oxygen atoms in total. The predicted octanol–water partition coefficient (Wildman–Crippen LogP) is 4.48. The molecule has 0 unspecified atom stereocenters. The van der Waals surface area contributed by atoms with Gasteiger partial charge in [0.25, 0.3) is 0 Å². The van der Waals surface area contributed by atoms with Crippen LogP contribution >= 0.6 is 7.82 Å². The molecule has 0 saturated heterocycles. The van der Waals surface area contributed by atoms with Crippen LogP contribution in [0.2, 0.25) is 0.515 Å². The summed E-state index contributed by atoms with van der Waals surface area (Å²) in [4.78, 5) is 21.6. The van der Waals surface area contributed by atoms with Crippen LogP contribution in [0.15, 0.2) is 0 Å². The van der Waals surface area contributed by atoms with Crippen molar-refractivity contribution in [1.29, 1.82) is 0 Å². The van der Waals surface area contributed by atoms with Gasteiger partial charge in [-0.2, -0.15) is 0 Å². The topological polar surface area (TPSA) is 77.8 Å². The first-order valence-corrected chi connectivity index (χ1v) is 13.0. The molecular weight excluding hydrogens is 365 g/mol. The molecule has 0 radical (unpaired) electrons. The van der Waals surface area contributed by atoms with Crippen molar-refractivity contribution in [3.8, 4) is 0 Å². The fraction of sp³-hybridized carbons (Fsp3) is 1.00. The molecule has 0 bridgehead atoms. The van der Waals surface area contributed by atoms with Gasteiger partial charge in [0, 0.05) is 0 Å². The molecule has 7 heteroatoms. The van der Waals surface area contributed by atoms with Crippen molar-refractivity contribution in [1.82, 2.24) is 0 Å². The van der Waals surface area contributed by atoms with Crippen molar-refractivity contribution in [2.75, 3.05) is 0 Å². The van der Waals surface area contributed by atoms with Crippen LogP contribution < -0.4 is 0 Å². The van der Waals surface area contributed by atoms with E-state index in [1.807, 2.05) is 0 Å². The van der Waals surface area contributed by atoms with Crippen LogP contribution in [0.1, 0.15) is 96.8 Å². The Morgan fingerprint density at radius 1 is 0.652 bits per heavy atom. The van der Waals surface area contributed by atoms with E-state index in [1.54, 1.807) is 0.515 Å². The van der Waals surface area contributed by atoms with E-state index in [1.165, 1.54) is 89.9 Å². The summed E-state index contributed by atoms with van der Waals surface area (Å²) in [7, 11) is -4.64. The van der Waals surface area contributed by atoms with Gasteiger partial charge in [-0.15, -0.1) is 0 Å². The molecule has 0 aliphatic rings. The molecule has 0 aromatic carbocycles. The standard InChI is InChI=1S/C16H33.2K.H3O4P.H/c1-3-5-7-9-11-13-15-16-14-12-10-8-6-4-2;;;1-5(2,3)4;/h1,3-16H2,2H3;;;(H3,1,2,3,4);. The van der Waals surface area contributed by atoms with Gasteiger partial charge in [0.05, 0.1) is 0 Å². The first kappa shape index (κ1) is 31.1. The molecule has 0 amide bonds. The van der Waals surface area contributed by atoms with Gasteiger partial charge in [-0.05, 0) is 0 Å². The number of rotatable bonds is 14. The van der Waals surface area contributed by atoms with Gasteiger partial charge in [-0.1, -0.05) is 26.2 Å². The number of unbranched alkanes of at least 4 members (excludes halogenated alkanes) is 13. The fourth-order valence-electron chi connectivity index (χ4n) is 2.44. The Hall–Kier alpha value is 3.38. The van der Waals surface area contributed by atoms with Crippen LogP contribution in [0.5, 0.6) is 0 Å². The molecule has 0 saturated carbocycles. The van der Waals surface area contributed by atoms with Crippen molar-refractivity contribution >= 4 is 108 Å². The van der Waals surface area contributed by atoms with Crippen molar-refractivity contribution in [2.45, 2.75) is 97.3 Å². The summed E-state index contributed by atoms with van der Waals surface area (Å²) < 4.78 is 10.4. The minimum absolute atomic E-state index is 0. The van der Waals surface area contributed by atoms with Gasteiger partial charge in [-0.3, -0.25) is 0 Å². The Bertz CT molecular complexity index is 228. The Labute approximate surface area is 220 Å². The zero-order chi connectivity index (χ0) is 17.1. The van der Waals surface area contributed by atoms with Crippen LogP contribution in [0.3, 0.4) is 0 Å². The fourth-order valence-corrected chi connectivity index (χ4v) is 3.23. The van der Waals surface area contributed by atoms with Gasteiger partial charge in [0.15, 0.2) is 0 Å². The van der Waals surface area contributed by atoms with Crippen LogP contribution in [0.4, 0.5) is 0 Å². The van der Waals surface area contributed by atoms with E-state index in [2.05, 4.69) is 6.92 Å². The minimum atomic E-state index is -4.64.